The summed E-state index contributed by atoms with van der Waals surface area (Å²) in [5, 5.41) is 0. The van der Waals surface area contributed by atoms with Crippen LogP contribution in [-0.4, -0.2) is 21.3 Å². The summed E-state index contributed by atoms with van der Waals surface area (Å²) in [7, 11) is 4.74. The second kappa shape index (κ2) is 6.77. The minimum atomic E-state index is -0.175. The van der Waals surface area contributed by atoms with Gasteiger partial charge >= 0.3 is 0 Å². The molecule has 98 valence electrons. The van der Waals surface area contributed by atoms with Crippen LogP contribution < -0.4 is 19.9 Å². The van der Waals surface area contributed by atoms with Gasteiger partial charge in [0.25, 0.3) is 0 Å². The monoisotopic (exact) mass is 249 g/mol. The number of hydrogen-bond acceptors (Lipinski definition) is 4. The summed E-state index contributed by atoms with van der Waals surface area (Å²) in [6, 6.07) is 3.53. The lowest BCUT2D eigenvalue weighted by molar-refractivity contribution is 0.323. The molecule has 1 aromatic carbocycles. The highest BCUT2D eigenvalue weighted by Gasteiger charge is 2.15. The molecule has 4 heteroatoms. The summed E-state index contributed by atoms with van der Waals surface area (Å²) >= 11 is 0. The first-order valence-corrected chi connectivity index (χ1v) is 5.63. The van der Waals surface area contributed by atoms with Crippen LogP contribution in [-0.2, 0) is 0 Å². The predicted molar refractivity (Wildman–Crippen MR) is 71.1 cm³/mol. The Hall–Kier alpha value is -1.86. The molecule has 1 atom stereocenters. The summed E-state index contributed by atoms with van der Waals surface area (Å²) in [5.74, 6) is 7.57. The van der Waals surface area contributed by atoms with E-state index in [2.05, 4.69) is 11.8 Å². The van der Waals surface area contributed by atoms with Crippen LogP contribution in [0.4, 0.5) is 0 Å². The molecule has 0 saturated heterocycles. The van der Waals surface area contributed by atoms with Crippen molar-refractivity contribution in [3.05, 3.63) is 17.7 Å². The van der Waals surface area contributed by atoms with E-state index in [-0.39, 0.29) is 6.04 Å². The van der Waals surface area contributed by atoms with Gasteiger partial charge in [0.05, 0.1) is 21.3 Å². The van der Waals surface area contributed by atoms with Gasteiger partial charge < -0.3 is 19.9 Å². The fourth-order valence-corrected chi connectivity index (χ4v) is 1.65. The van der Waals surface area contributed by atoms with Crippen molar-refractivity contribution in [2.75, 3.05) is 21.3 Å². The van der Waals surface area contributed by atoms with E-state index in [4.69, 9.17) is 19.9 Å². The topological polar surface area (TPSA) is 53.7 Å². The second-order valence-electron chi connectivity index (χ2n) is 3.70. The SMILES string of the molecule is CC#CCC(N)c1cc(OC)c(OC)c(OC)c1. The molecule has 0 radical (unpaired) electrons. The van der Waals surface area contributed by atoms with E-state index in [1.54, 1.807) is 28.3 Å². The smallest absolute Gasteiger partial charge is 0.203 e. The molecule has 0 aliphatic rings. The van der Waals surface area contributed by atoms with Gasteiger partial charge in [-0.1, -0.05) is 0 Å². The highest BCUT2D eigenvalue weighted by molar-refractivity contribution is 5.54. The normalized spacial score (nSPS) is 11.2. The molecule has 0 saturated carbocycles. The molecule has 0 aromatic heterocycles. The maximum atomic E-state index is 6.07. The molecule has 2 N–H and O–H groups in total. The van der Waals surface area contributed by atoms with Crippen LogP contribution in [0.2, 0.25) is 0 Å². The lowest BCUT2D eigenvalue weighted by Gasteiger charge is -2.16. The van der Waals surface area contributed by atoms with Crippen molar-refractivity contribution in [3.8, 4) is 29.1 Å². The van der Waals surface area contributed by atoms with Gasteiger partial charge in [-0.3, -0.25) is 0 Å². The Bertz CT molecular complexity index is 435. The van der Waals surface area contributed by atoms with Gasteiger partial charge in [0.15, 0.2) is 11.5 Å². The minimum Gasteiger partial charge on any atom is -0.493 e. The zero-order valence-electron chi connectivity index (χ0n) is 11.2. The van der Waals surface area contributed by atoms with Crippen molar-refractivity contribution in [2.24, 2.45) is 5.73 Å². The molecule has 0 aliphatic heterocycles. The first kappa shape index (κ1) is 14.2. The zero-order chi connectivity index (χ0) is 13.5. The van der Waals surface area contributed by atoms with Crippen LogP contribution in [0.3, 0.4) is 0 Å². The van der Waals surface area contributed by atoms with E-state index in [0.717, 1.165) is 5.56 Å². The minimum absolute atomic E-state index is 0.175. The van der Waals surface area contributed by atoms with E-state index in [0.29, 0.717) is 23.7 Å². The third kappa shape index (κ3) is 3.08. The Labute approximate surface area is 108 Å². The van der Waals surface area contributed by atoms with Gasteiger partial charge in [-0.25, -0.2) is 0 Å². The lowest BCUT2D eigenvalue weighted by atomic mass is 10.0. The van der Waals surface area contributed by atoms with Crippen molar-refractivity contribution in [3.63, 3.8) is 0 Å². The maximum Gasteiger partial charge on any atom is 0.203 e. The third-order valence-corrected chi connectivity index (χ3v) is 2.61. The van der Waals surface area contributed by atoms with Crippen LogP contribution in [0, 0.1) is 11.8 Å². The molecule has 0 spiro atoms. The molecule has 18 heavy (non-hydrogen) atoms. The van der Waals surface area contributed by atoms with Gasteiger partial charge in [0, 0.05) is 12.5 Å². The summed E-state index contributed by atoms with van der Waals surface area (Å²) < 4.78 is 15.8. The van der Waals surface area contributed by atoms with Gasteiger partial charge in [0.2, 0.25) is 5.75 Å². The molecule has 0 amide bonds. The molecular weight excluding hydrogens is 230 g/mol. The summed E-state index contributed by atoms with van der Waals surface area (Å²) in [4.78, 5) is 0. The van der Waals surface area contributed by atoms with E-state index in [1.807, 2.05) is 12.1 Å². The molecule has 1 rings (SSSR count). The van der Waals surface area contributed by atoms with E-state index >= 15 is 0 Å². The fraction of sp³-hybridized carbons (Fsp3) is 0.429. The van der Waals surface area contributed by atoms with Crippen molar-refractivity contribution in [2.45, 2.75) is 19.4 Å². The van der Waals surface area contributed by atoms with E-state index in [1.165, 1.54) is 0 Å². The van der Waals surface area contributed by atoms with Crippen LogP contribution in [0.5, 0.6) is 17.2 Å². The van der Waals surface area contributed by atoms with Crippen molar-refractivity contribution in [1.29, 1.82) is 0 Å². The van der Waals surface area contributed by atoms with Gasteiger partial charge in [-0.2, -0.15) is 0 Å². The van der Waals surface area contributed by atoms with Crippen LogP contribution in [0.1, 0.15) is 24.9 Å². The average Bonchev–Trinajstić information content (AvgIpc) is 2.42. The average molecular weight is 249 g/mol. The number of nitrogens with two attached hydrogens (primary N) is 1. The van der Waals surface area contributed by atoms with Crippen molar-refractivity contribution in [1.82, 2.24) is 0 Å². The summed E-state index contributed by atoms with van der Waals surface area (Å²) in [5.41, 5.74) is 6.97. The first-order chi connectivity index (χ1) is 8.67. The summed E-state index contributed by atoms with van der Waals surface area (Å²) in [6.45, 7) is 1.79. The standard InChI is InChI=1S/C14H19NO3/c1-5-6-7-11(15)10-8-12(16-2)14(18-4)13(9-10)17-3/h8-9,11H,7,15H2,1-4H3. The Morgan fingerprint density at radius 1 is 1.11 bits per heavy atom. The lowest BCUT2D eigenvalue weighted by Crippen LogP contribution is -2.10. The number of methoxy groups -OCH3 is 3. The Kier molecular flexibility index (Phi) is 5.34. The highest BCUT2D eigenvalue weighted by Crippen LogP contribution is 2.39. The van der Waals surface area contributed by atoms with Gasteiger partial charge in [-0.05, 0) is 24.6 Å². The van der Waals surface area contributed by atoms with Crippen molar-refractivity contribution < 1.29 is 14.2 Å². The Morgan fingerprint density at radius 2 is 1.67 bits per heavy atom. The summed E-state index contributed by atoms with van der Waals surface area (Å²) in [6.07, 6.45) is 0.592. The maximum absolute atomic E-state index is 6.07. The Balaban J connectivity index is 3.16. The molecule has 1 unspecified atom stereocenters. The molecule has 0 bridgehead atoms. The third-order valence-electron chi connectivity index (χ3n) is 2.61. The van der Waals surface area contributed by atoms with Crippen molar-refractivity contribution >= 4 is 0 Å². The largest absolute Gasteiger partial charge is 0.493 e. The number of ether oxygens (including phenoxy) is 3. The number of hydrogen-bond donors (Lipinski definition) is 1. The Morgan fingerprint density at radius 3 is 2.06 bits per heavy atom. The molecule has 1 aromatic rings. The van der Waals surface area contributed by atoms with Crippen LogP contribution >= 0.6 is 0 Å². The van der Waals surface area contributed by atoms with E-state index < -0.39 is 0 Å². The van der Waals surface area contributed by atoms with Gasteiger partial charge in [-0.15, -0.1) is 11.8 Å². The quantitative estimate of drug-likeness (QED) is 0.812. The highest BCUT2D eigenvalue weighted by atomic mass is 16.5. The second-order valence-corrected chi connectivity index (χ2v) is 3.70. The van der Waals surface area contributed by atoms with Crippen LogP contribution in [0.25, 0.3) is 0 Å². The first-order valence-electron chi connectivity index (χ1n) is 5.63. The van der Waals surface area contributed by atoms with E-state index in [9.17, 15) is 0 Å². The molecule has 0 heterocycles. The number of rotatable bonds is 5. The molecular formula is C14H19NO3. The molecule has 4 nitrogen and oxygen atoms in total. The zero-order valence-corrected chi connectivity index (χ0v) is 11.2. The fourth-order valence-electron chi connectivity index (χ4n) is 1.65. The molecule has 0 aliphatic carbocycles. The van der Waals surface area contributed by atoms with Gasteiger partial charge in [0.1, 0.15) is 0 Å². The molecule has 0 fully saturated rings. The van der Waals surface area contributed by atoms with Crippen LogP contribution in [0.15, 0.2) is 12.1 Å². The predicted octanol–water partition coefficient (Wildman–Crippen LogP) is 2.13. The number of benzene rings is 1.